The van der Waals surface area contributed by atoms with Gasteiger partial charge in [-0.2, -0.15) is 5.26 Å². The molecule has 1 aliphatic carbocycles. The van der Waals surface area contributed by atoms with Gasteiger partial charge in [0.25, 0.3) is 0 Å². The van der Waals surface area contributed by atoms with Crippen LogP contribution in [0.5, 0.6) is 0 Å². The second kappa shape index (κ2) is 8.33. The van der Waals surface area contributed by atoms with Gasteiger partial charge in [0.1, 0.15) is 11.9 Å². The summed E-state index contributed by atoms with van der Waals surface area (Å²) < 4.78 is 1.91. The maximum atomic E-state index is 13.6. The number of anilines is 2. The van der Waals surface area contributed by atoms with Crippen molar-refractivity contribution < 1.29 is 9.59 Å². The molecule has 3 aromatic carbocycles. The molecular weight excluding hydrogens is 472 g/mol. The predicted molar refractivity (Wildman–Crippen MR) is 140 cm³/mol. The molecule has 6 nitrogen and oxygen atoms in total. The zero-order chi connectivity index (χ0) is 25.0. The van der Waals surface area contributed by atoms with E-state index in [1.807, 2.05) is 35.6 Å². The van der Waals surface area contributed by atoms with E-state index >= 15 is 0 Å². The summed E-state index contributed by atoms with van der Waals surface area (Å²) in [5.41, 5.74) is 6.20. The SMILES string of the molecule is Cc1c(CCCl)c(Nc2cccc3c2C(=O)c2ccccc2C3=O)n2c(nc3ccccc32)c1C#N. The number of imidazole rings is 1. The number of fused-ring (bicyclic) bond motifs is 5. The number of rotatable bonds is 4. The highest BCUT2D eigenvalue weighted by Crippen LogP contribution is 2.37. The third kappa shape index (κ3) is 3.07. The maximum Gasteiger partial charge on any atom is 0.196 e. The van der Waals surface area contributed by atoms with Crippen LogP contribution in [0.25, 0.3) is 16.7 Å². The van der Waals surface area contributed by atoms with E-state index in [1.165, 1.54) is 0 Å². The van der Waals surface area contributed by atoms with Crippen LogP contribution in [-0.2, 0) is 6.42 Å². The second-order valence-electron chi connectivity index (χ2n) is 8.69. The van der Waals surface area contributed by atoms with E-state index in [9.17, 15) is 14.9 Å². The van der Waals surface area contributed by atoms with Gasteiger partial charge in [-0.05, 0) is 42.7 Å². The van der Waals surface area contributed by atoms with Crippen LogP contribution < -0.4 is 5.32 Å². The van der Waals surface area contributed by atoms with E-state index in [1.54, 1.807) is 42.5 Å². The van der Waals surface area contributed by atoms with Crippen LogP contribution >= 0.6 is 11.6 Å². The number of alkyl halides is 1. The van der Waals surface area contributed by atoms with E-state index in [0.717, 1.165) is 22.2 Å². The summed E-state index contributed by atoms with van der Waals surface area (Å²) in [6.45, 7) is 1.89. The smallest absolute Gasteiger partial charge is 0.196 e. The van der Waals surface area contributed by atoms with Crippen molar-refractivity contribution in [3.8, 4) is 6.07 Å². The van der Waals surface area contributed by atoms with E-state index in [-0.39, 0.29) is 11.6 Å². The molecule has 2 heterocycles. The van der Waals surface area contributed by atoms with Crippen molar-refractivity contribution >= 4 is 51.4 Å². The number of hydrogen-bond donors (Lipinski definition) is 1. The molecule has 6 rings (SSSR count). The Morgan fingerprint density at radius 1 is 0.944 bits per heavy atom. The predicted octanol–water partition coefficient (Wildman–Crippen LogP) is 5.97. The third-order valence-corrected chi connectivity index (χ3v) is 6.97. The van der Waals surface area contributed by atoms with Crippen molar-refractivity contribution in [3.63, 3.8) is 0 Å². The standard InChI is InChI=1S/C29H19ClN4O2/c1-16-17(13-14-30)28(34-24-12-5-4-10-22(24)32-29(34)21(16)15-31)33-23-11-6-9-20-25(23)27(36)19-8-3-2-7-18(19)26(20)35/h2-12,33H,13-14H2,1H3. The van der Waals surface area contributed by atoms with Gasteiger partial charge >= 0.3 is 0 Å². The first-order valence-corrected chi connectivity index (χ1v) is 12.1. The van der Waals surface area contributed by atoms with Crippen LogP contribution in [0.2, 0.25) is 0 Å². The van der Waals surface area contributed by atoms with Gasteiger partial charge in [-0.25, -0.2) is 4.98 Å². The molecule has 1 N–H and O–H groups in total. The monoisotopic (exact) mass is 490 g/mol. The van der Waals surface area contributed by atoms with Gasteiger partial charge < -0.3 is 5.32 Å². The molecule has 0 radical (unpaired) electrons. The summed E-state index contributed by atoms with van der Waals surface area (Å²) >= 11 is 6.20. The summed E-state index contributed by atoms with van der Waals surface area (Å²) in [6.07, 6.45) is 0.498. The van der Waals surface area contributed by atoms with Crippen molar-refractivity contribution in [1.82, 2.24) is 9.38 Å². The number of hydrogen-bond acceptors (Lipinski definition) is 5. The molecule has 36 heavy (non-hydrogen) atoms. The molecule has 0 atom stereocenters. The molecule has 0 fully saturated rings. The zero-order valence-corrected chi connectivity index (χ0v) is 20.1. The number of nitrogens with one attached hydrogen (secondary N) is 1. The van der Waals surface area contributed by atoms with Crippen molar-refractivity contribution in [1.29, 1.82) is 5.26 Å². The molecule has 0 bridgehead atoms. The molecular formula is C29H19ClN4O2. The first-order valence-electron chi connectivity index (χ1n) is 11.5. The van der Waals surface area contributed by atoms with Crippen LogP contribution in [0.1, 0.15) is 48.5 Å². The number of benzene rings is 3. The Labute approximate surface area is 211 Å². The fraction of sp³-hybridized carbons (Fsp3) is 0.103. The summed E-state index contributed by atoms with van der Waals surface area (Å²) in [4.78, 5) is 31.6. The number of carbonyl (C=O) groups excluding carboxylic acids is 2. The van der Waals surface area contributed by atoms with Crippen LogP contribution in [-0.4, -0.2) is 26.8 Å². The van der Waals surface area contributed by atoms with E-state index < -0.39 is 0 Å². The van der Waals surface area contributed by atoms with Crippen LogP contribution in [0.3, 0.4) is 0 Å². The Kier molecular flexibility index (Phi) is 5.10. The topological polar surface area (TPSA) is 87.3 Å². The van der Waals surface area contributed by atoms with Crippen LogP contribution in [0.4, 0.5) is 11.5 Å². The second-order valence-corrected chi connectivity index (χ2v) is 9.07. The lowest BCUT2D eigenvalue weighted by atomic mass is 9.83. The number of ketones is 2. The van der Waals surface area contributed by atoms with Gasteiger partial charge in [-0.3, -0.25) is 14.0 Å². The van der Waals surface area contributed by atoms with Crippen molar-refractivity contribution in [2.45, 2.75) is 13.3 Å². The lowest BCUT2D eigenvalue weighted by Crippen LogP contribution is -2.22. The Morgan fingerprint density at radius 2 is 1.64 bits per heavy atom. The normalized spacial score (nSPS) is 12.5. The molecule has 0 amide bonds. The average molecular weight is 491 g/mol. The highest BCUT2D eigenvalue weighted by molar-refractivity contribution is 6.30. The minimum Gasteiger partial charge on any atom is -0.340 e. The number of aromatic nitrogens is 2. The summed E-state index contributed by atoms with van der Waals surface area (Å²) in [6, 6.07) is 22.1. The van der Waals surface area contributed by atoms with Crippen LogP contribution in [0, 0.1) is 18.3 Å². The van der Waals surface area contributed by atoms with Crippen molar-refractivity contribution in [3.05, 3.63) is 106 Å². The van der Waals surface area contributed by atoms with E-state index in [2.05, 4.69) is 11.4 Å². The molecule has 0 saturated carbocycles. The number of nitrogens with zero attached hydrogens (tertiary/aromatic N) is 3. The maximum absolute atomic E-state index is 13.6. The highest BCUT2D eigenvalue weighted by Gasteiger charge is 2.32. The fourth-order valence-electron chi connectivity index (χ4n) is 5.09. The number of carbonyl (C=O) groups is 2. The number of nitriles is 1. The van der Waals surface area contributed by atoms with Gasteiger partial charge in [0, 0.05) is 22.6 Å². The van der Waals surface area contributed by atoms with Gasteiger partial charge in [0.15, 0.2) is 17.2 Å². The van der Waals surface area contributed by atoms with Gasteiger partial charge in [-0.1, -0.05) is 48.5 Å². The van der Waals surface area contributed by atoms with Gasteiger partial charge in [0.2, 0.25) is 0 Å². The Balaban J connectivity index is 1.65. The number of halogens is 1. The summed E-state index contributed by atoms with van der Waals surface area (Å²) in [5.74, 6) is 0.623. The van der Waals surface area contributed by atoms with Crippen LogP contribution in [0.15, 0.2) is 66.7 Å². The number of para-hydroxylation sites is 2. The van der Waals surface area contributed by atoms with Gasteiger partial charge in [-0.15, -0.1) is 11.6 Å². The Morgan fingerprint density at radius 3 is 2.39 bits per heavy atom. The summed E-state index contributed by atoms with van der Waals surface area (Å²) in [5, 5.41) is 13.5. The molecule has 0 aliphatic heterocycles. The molecule has 0 saturated heterocycles. The fourth-order valence-corrected chi connectivity index (χ4v) is 5.28. The molecule has 0 unspecified atom stereocenters. The molecule has 5 aromatic rings. The summed E-state index contributed by atoms with van der Waals surface area (Å²) in [7, 11) is 0. The third-order valence-electron chi connectivity index (χ3n) is 6.78. The first kappa shape index (κ1) is 22.0. The molecule has 2 aromatic heterocycles. The van der Waals surface area contributed by atoms with Crippen molar-refractivity contribution in [2.24, 2.45) is 0 Å². The highest BCUT2D eigenvalue weighted by atomic mass is 35.5. The van der Waals surface area contributed by atoms with E-state index in [0.29, 0.717) is 57.3 Å². The molecule has 0 spiro atoms. The zero-order valence-electron chi connectivity index (χ0n) is 19.3. The van der Waals surface area contributed by atoms with E-state index in [4.69, 9.17) is 16.6 Å². The Hall–Kier alpha value is -4.47. The quantitative estimate of drug-likeness (QED) is 0.308. The minimum absolute atomic E-state index is 0.181. The molecule has 7 heteroatoms. The minimum atomic E-state index is -0.209. The molecule has 174 valence electrons. The van der Waals surface area contributed by atoms with Gasteiger partial charge in [0.05, 0.1) is 27.8 Å². The largest absolute Gasteiger partial charge is 0.340 e. The lowest BCUT2D eigenvalue weighted by Gasteiger charge is -2.23. The lowest BCUT2D eigenvalue weighted by molar-refractivity contribution is 0.0979. The molecule has 1 aliphatic rings. The van der Waals surface area contributed by atoms with Crippen molar-refractivity contribution in [2.75, 3.05) is 11.2 Å². The Bertz CT molecular complexity index is 1800. The number of pyridine rings is 1. The first-order chi connectivity index (χ1) is 17.5. The average Bonchev–Trinajstić information content (AvgIpc) is 3.28.